The van der Waals surface area contributed by atoms with Crippen molar-refractivity contribution in [3.05, 3.63) is 42.0 Å². The van der Waals surface area contributed by atoms with Crippen LogP contribution in [0.1, 0.15) is 24.4 Å². The summed E-state index contributed by atoms with van der Waals surface area (Å²) in [6.45, 7) is 2.98. The minimum Gasteiger partial charge on any atom is -0.497 e. The molecule has 5 nitrogen and oxygen atoms in total. The first-order valence-electron chi connectivity index (χ1n) is 6.66. The highest BCUT2D eigenvalue weighted by atomic mass is 16.5. The molecule has 2 N–H and O–H groups in total. The van der Waals surface area contributed by atoms with Gasteiger partial charge in [0.2, 0.25) is 0 Å². The van der Waals surface area contributed by atoms with Crippen molar-refractivity contribution < 1.29 is 9.47 Å². The molecule has 1 aromatic heterocycles. The summed E-state index contributed by atoms with van der Waals surface area (Å²) in [5.74, 6) is 2.48. The molecule has 0 radical (unpaired) electrons. The van der Waals surface area contributed by atoms with Gasteiger partial charge in [0.25, 0.3) is 0 Å². The Hall–Kier alpha value is -2.01. The highest BCUT2D eigenvalue weighted by Crippen LogP contribution is 2.26. The second kappa shape index (κ2) is 6.43. The van der Waals surface area contributed by atoms with Crippen LogP contribution >= 0.6 is 0 Å². The highest BCUT2D eigenvalue weighted by molar-refractivity contribution is 5.40. The number of rotatable bonds is 6. The number of nitrogens with zero attached hydrogens (tertiary/aromatic N) is 2. The Morgan fingerprint density at radius 2 is 1.85 bits per heavy atom. The van der Waals surface area contributed by atoms with Crippen molar-refractivity contribution in [1.29, 1.82) is 0 Å². The molecule has 1 unspecified atom stereocenters. The van der Waals surface area contributed by atoms with E-state index in [4.69, 9.17) is 15.2 Å². The molecular formula is C15H21N3O2. The number of aromatic nitrogens is 2. The first-order chi connectivity index (χ1) is 9.67. The van der Waals surface area contributed by atoms with Gasteiger partial charge in [-0.05, 0) is 24.6 Å². The zero-order chi connectivity index (χ0) is 14.5. The predicted octanol–water partition coefficient (Wildman–Crippen LogP) is 2.16. The van der Waals surface area contributed by atoms with Crippen molar-refractivity contribution in [2.24, 2.45) is 5.73 Å². The van der Waals surface area contributed by atoms with Crippen LogP contribution in [0.25, 0.3) is 0 Å². The number of benzene rings is 1. The normalized spacial score (nSPS) is 12.2. The summed E-state index contributed by atoms with van der Waals surface area (Å²) in [7, 11) is 3.27. The lowest BCUT2D eigenvalue weighted by Gasteiger charge is -2.15. The fraction of sp³-hybridized carbons (Fsp3) is 0.400. The van der Waals surface area contributed by atoms with Gasteiger partial charge in [0.1, 0.15) is 17.3 Å². The van der Waals surface area contributed by atoms with Gasteiger partial charge in [0.05, 0.1) is 14.2 Å². The minimum atomic E-state index is -0.147. The van der Waals surface area contributed by atoms with E-state index >= 15 is 0 Å². The van der Waals surface area contributed by atoms with Gasteiger partial charge in [-0.1, -0.05) is 0 Å². The van der Waals surface area contributed by atoms with E-state index in [9.17, 15) is 0 Å². The Bertz CT molecular complexity index is 544. The summed E-state index contributed by atoms with van der Waals surface area (Å²) in [5.41, 5.74) is 7.27. The lowest BCUT2D eigenvalue weighted by atomic mass is 10.0. The Labute approximate surface area is 119 Å². The summed E-state index contributed by atoms with van der Waals surface area (Å²) < 4.78 is 12.6. The monoisotopic (exact) mass is 275 g/mol. The first kappa shape index (κ1) is 14.4. The minimum absolute atomic E-state index is 0.147. The van der Waals surface area contributed by atoms with Gasteiger partial charge in [-0.15, -0.1) is 0 Å². The van der Waals surface area contributed by atoms with E-state index < -0.39 is 0 Å². The molecular weight excluding hydrogens is 254 g/mol. The third-order valence-electron chi connectivity index (χ3n) is 3.35. The summed E-state index contributed by atoms with van der Waals surface area (Å²) >= 11 is 0. The Morgan fingerprint density at radius 3 is 2.40 bits per heavy atom. The van der Waals surface area contributed by atoms with Gasteiger partial charge in [-0.3, -0.25) is 0 Å². The number of hydrogen-bond donors (Lipinski definition) is 1. The maximum atomic E-state index is 6.29. The van der Waals surface area contributed by atoms with Crippen molar-refractivity contribution >= 4 is 0 Å². The Kier molecular flexibility index (Phi) is 4.63. The number of imidazole rings is 1. The van der Waals surface area contributed by atoms with E-state index in [-0.39, 0.29) is 6.04 Å². The van der Waals surface area contributed by atoms with Gasteiger partial charge in [-0.25, -0.2) is 4.98 Å². The van der Waals surface area contributed by atoms with E-state index in [1.807, 2.05) is 24.4 Å². The van der Waals surface area contributed by atoms with Crippen LogP contribution in [0.3, 0.4) is 0 Å². The van der Waals surface area contributed by atoms with Crippen LogP contribution in [-0.4, -0.2) is 23.8 Å². The number of nitrogens with two attached hydrogens (primary N) is 1. The fourth-order valence-corrected chi connectivity index (χ4v) is 2.18. The van der Waals surface area contributed by atoms with Crippen LogP contribution in [0.4, 0.5) is 0 Å². The van der Waals surface area contributed by atoms with Crippen molar-refractivity contribution in [1.82, 2.24) is 9.55 Å². The van der Waals surface area contributed by atoms with Crippen molar-refractivity contribution in [3.63, 3.8) is 0 Å². The molecule has 5 heteroatoms. The third kappa shape index (κ3) is 3.11. The van der Waals surface area contributed by atoms with Crippen LogP contribution in [0, 0.1) is 0 Å². The van der Waals surface area contributed by atoms with E-state index in [0.717, 1.165) is 29.4 Å². The molecule has 0 spiro atoms. The van der Waals surface area contributed by atoms with Gasteiger partial charge in [0.15, 0.2) is 0 Å². The predicted molar refractivity (Wildman–Crippen MR) is 78.1 cm³/mol. The van der Waals surface area contributed by atoms with Gasteiger partial charge in [-0.2, -0.15) is 0 Å². The zero-order valence-electron chi connectivity index (χ0n) is 12.2. The summed E-state index contributed by atoms with van der Waals surface area (Å²) in [4.78, 5) is 4.36. The maximum Gasteiger partial charge on any atom is 0.122 e. The lowest BCUT2D eigenvalue weighted by Crippen LogP contribution is -2.16. The second-order valence-electron chi connectivity index (χ2n) is 4.59. The van der Waals surface area contributed by atoms with Crippen LogP contribution in [0.15, 0.2) is 30.6 Å². The molecule has 0 aliphatic rings. The molecule has 0 saturated carbocycles. The highest BCUT2D eigenvalue weighted by Gasteiger charge is 2.13. The Morgan fingerprint density at radius 1 is 1.20 bits per heavy atom. The fourth-order valence-electron chi connectivity index (χ4n) is 2.18. The zero-order valence-corrected chi connectivity index (χ0v) is 12.2. The molecule has 1 heterocycles. The summed E-state index contributed by atoms with van der Waals surface area (Å²) in [6.07, 6.45) is 4.45. The number of hydrogen-bond acceptors (Lipinski definition) is 4. The molecule has 0 bridgehead atoms. The van der Waals surface area contributed by atoms with E-state index in [2.05, 4.69) is 16.5 Å². The first-order valence-corrected chi connectivity index (χ1v) is 6.66. The smallest absolute Gasteiger partial charge is 0.122 e. The molecule has 0 fully saturated rings. The average Bonchev–Trinajstić information content (AvgIpc) is 2.93. The van der Waals surface area contributed by atoms with Gasteiger partial charge < -0.3 is 19.8 Å². The number of methoxy groups -OCH3 is 2. The van der Waals surface area contributed by atoms with Gasteiger partial charge >= 0.3 is 0 Å². The summed E-state index contributed by atoms with van der Waals surface area (Å²) in [6, 6.07) is 5.56. The molecule has 0 amide bonds. The van der Waals surface area contributed by atoms with Crippen molar-refractivity contribution in [3.8, 4) is 11.5 Å². The van der Waals surface area contributed by atoms with E-state index in [1.165, 1.54) is 0 Å². The average molecular weight is 275 g/mol. The molecule has 1 atom stereocenters. The van der Waals surface area contributed by atoms with Crippen LogP contribution < -0.4 is 15.2 Å². The second-order valence-corrected chi connectivity index (χ2v) is 4.59. The van der Waals surface area contributed by atoms with Crippen molar-refractivity contribution in [2.75, 3.05) is 14.2 Å². The number of aryl methyl sites for hydroxylation is 1. The number of ether oxygens (including phenoxy) is 2. The Balaban J connectivity index is 2.22. The van der Waals surface area contributed by atoms with Gasteiger partial charge in [0, 0.05) is 37.5 Å². The summed E-state index contributed by atoms with van der Waals surface area (Å²) in [5, 5.41) is 0. The standard InChI is InChI=1S/C15H21N3O2/c1-4-18-6-5-17-15(18)10-14(16)11-7-12(19-2)9-13(8-11)20-3/h5-9,14H,4,10,16H2,1-3H3. The molecule has 0 aliphatic carbocycles. The van der Waals surface area contributed by atoms with Crippen LogP contribution in [0.5, 0.6) is 11.5 Å². The van der Waals surface area contributed by atoms with E-state index in [1.54, 1.807) is 20.4 Å². The lowest BCUT2D eigenvalue weighted by molar-refractivity contribution is 0.392. The molecule has 0 aliphatic heterocycles. The molecule has 0 saturated heterocycles. The molecule has 2 aromatic rings. The molecule has 108 valence electrons. The maximum absolute atomic E-state index is 6.29. The van der Waals surface area contributed by atoms with Crippen molar-refractivity contribution in [2.45, 2.75) is 25.9 Å². The SMILES string of the molecule is CCn1ccnc1CC(N)c1cc(OC)cc(OC)c1. The molecule has 20 heavy (non-hydrogen) atoms. The quantitative estimate of drug-likeness (QED) is 0.877. The van der Waals surface area contributed by atoms with E-state index in [0.29, 0.717) is 6.42 Å². The van der Waals surface area contributed by atoms with Crippen LogP contribution in [0.2, 0.25) is 0 Å². The topological polar surface area (TPSA) is 62.3 Å². The molecule has 1 aromatic carbocycles. The molecule has 2 rings (SSSR count). The third-order valence-corrected chi connectivity index (χ3v) is 3.35. The van der Waals surface area contributed by atoms with Crippen LogP contribution in [-0.2, 0) is 13.0 Å². The largest absolute Gasteiger partial charge is 0.497 e.